The molecule has 4 nitrogen and oxygen atoms in total. The number of amides is 1. The molecule has 3 rings (SSSR count). The topological polar surface area (TPSA) is 38.1 Å². The Balaban J connectivity index is 1.98. The van der Waals surface area contributed by atoms with Gasteiger partial charge in [-0.3, -0.25) is 4.79 Å². The van der Waals surface area contributed by atoms with Crippen LogP contribution in [0.25, 0.3) is 11.0 Å². The van der Waals surface area contributed by atoms with Crippen molar-refractivity contribution < 1.29 is 18.0 Å². The van der Waals surface area contributed by atoms with Gasteiger partial charge in [-0.1, -0.05) is 26.8 Å². The van der Waals surface area contributed by atoms with Gasteiger partial charge < -0.3 is 9.47 Å². The summed E-state index contributed by atoms with van der Waals surface area (Å²) in [5, 5.41) is 0. The molecule has 2 aromatic carbocycles. The number of hydrogen-bond acceptors (Lipinski definition) is 2. The van der Waals surface area contributed by atoms with Crippen LogP contribution in [0.3, 0.4) is 0 Å². The number of para-hydroxylation sites is 1. The van der Waals surface area contributed by atoms with E-state index < -0.39 is 23.4 Å². The van der Waals surface area contributed by atoms with Crippen molar-refractivity contribution in [2.75, 3.05) is 6.54 Å². The molecule has 7 heteroatoms. The van der Waals surface area contributed by atoms with E-state index in [0.29, 0.717) is 30.3 Å². The number of aromatic nitrogens is 2. The first-order chi connectivity index (χ1) is 14.3. The second kappa shape index (κ2) is 9.32. The summed E-state index contributed by atoms with van der Waals surface area (Å²) in [5.41, 5.74) is 1.02. The zero-order valence-electron chi connectivity index (χ0n) is 17.5. The molecule has 0 aliphatic carbocycles. The Kier molecular flexibility index (Phi) is 6.80. The van der Waals surface area contributed by atoms with E-state index in [-0.39, 0.29) is 17.6 Å². The summed E-state index contributed by atoms with van der Waals surface area (Å²) in [6.45, 7) is 7.31. The van der Waals surface area contributed by atoms with E-state index >= 15 is 0 Å². The Morgan fingerprint density at radius 2 is 1.87 bits per heavy atom. The van der Waals surface area contributed by atoms with Crippen LogP contribution < -0.4 is 0 Å². The summed E-state index contributed by atoms with van der Waals surface area (Å²) >= 11 is 0. The number of benzene rings is 2. The van der Waals surface area contributed by atoms with Crippen LogP contribution in [-0.4, -0.2) is 26.9 Å². The Labute approximate surface area is 174 Å². The first-order valence-corrected chi connectivity index (χ1v) is 10.2. The van der Waals surface area contributed by atoms with Gasteiger partial charge in [0, 0.05) is 18.7 Å². The fraction of sp³-hybridized carbons (Fsp3) is 0.391. The molecule has 0 radical (unpaired) electrons. The lowest BCUT2D eigenvalue weighted by molar-refractivity contribution is 0.0728. The number of nitrogens with zero attached hydrogens (tertiary/aromatic N) is 3. The predicted octanol–water partition coefficient (Wildman–Crippen LogP) is 5.55. The van der Waals surface area contributed by atoms with Crippen LogP contribution in [0.1, 0.15) is 49.8 Å². The van der Waals surface area contributed by atoms with E-state index in [1.54, 1.807) is 17.0 Å². The first kappa shape index (κ1) is 21.9. The van der Waals surface area contributed by atoms with Gasteiger partial charge in [-0.05, 0) is 49.1 Å². The van der Waals surface area contributed by atoms with Gasteiger partial charge in [0.1, 0.15) is 11.3 Å². The maximum Gasteiger partial charge on any atom is 0.254 e. The van der Waals surface area contributed by atoms with E-state index in [1.165, 1.54) is 12.1 Å². The van der Waals surface area contributed by atoms with E-state index in [1.807, 2.05) is 25.3 Å². The highest BCUT2D eigenvalue weighted by Gasteiger charge is 2.22. The van der Waals surface area contributed by atoms with Crippen molar-refractivity contribution in [1.82, 2.24) is 14.5 Å². The minimum absolute atomic E-state index is 0.0713. The van der Waals surface area contributed by atoms with Crippen LogP contribution in [0.4, 0.5) is 13.2 Å². The number of rotatable bonds is 8. The second-order valence-corrected chi connectivity index (χ2v) is 7.83. The molecule has 0 N–H and O–H groups in total. The molecule has 1 amide bonds. The van der Waals surface area contributed by atoms with Crippen molar-refractivity contribution >= 4 is 16.9 Å². The van der Waals surface area contributed by atoms with Gasteiger partial charge in [-0.15, -0.1) is 0 Å². The molecule has 0 unspecified atom stereocenters. The number of carbonyl (C=O) groups is 1. The Hall–Kier alpha value is -2.83. The van der Waals surface area contributed by atoms with Gasteiger partial charge in [0.2, 0.25) is 0 Å². The molecule has 30 heavy (non-hydrogen) atoms. The lowest BCUT2D eigenvalue weighted by atomic mass is 10.1. The molecular formula is C23H26F3N3O. The van der Waals surface area contributed by atoms with Crippen LogP contribution in [0.5, 0.6) is 0 Å². The summed E-state index contributed by atoms with van der Waals surface area (Å²) in [4.78, 5) is 19.1. The number of aryl methyl sites for hydroxylation is 1. The van der Waals surface area contributed by atoms with Gasteiger partial charge in [0.15, 0.2) is 17.5 Å². The summed E-state index contributed by atoms with van der Waals surface area (Å²) in [7, 11) is 0. The summed E-state index contributed by atoms with van der Waals surface area (Å²) in [5.74, 6) is -1.98. The zero-order chi connectivity index (χ0) is 21.8. The van der Waals surface area contributed by atoms with Crippen molar-refractivity contribution in [2.24, 2.45) is 5.92 Å². The number of imidazole rings is 1. The molecule has 0 aliphatic rings. The zero-order valence-corrected chi connectivity index (χ0v) is 17.5. The predicted molar refractivity (Wildman–Crippen MR) is 111 cm³/mol. The SMILES string of the molecule is CCCn1c(CN(CCC(C)C)C(=O)c2ccc(F)c(F)c2)nc2c(F)cccc21. The molecule has 0 fully saturated rings. The van der Waals surface area contributed by atoms with Crippen LogP contribution >= 0.6 is 0 Å². The summed E-state index contributed by atoms with van der Waals surface area (Å²) in [6, 6.07) is 7.94. The van der Waals surface area contributed by atoms with E-state index in [2.05, 4.69) is 4.98 Å². The van der Waals surface area contributed by atoms with Crippen molar-refractivity contribution in [3.63, 3.8) is 0 Å². The highest BCUT2D eigenvalue weighted by Crippen LogP contribution is 2.22. The Bertz CT molecular complexity index is 1050. The quantitative estimate of drug-likeness (QED) is 0.482. The minimum Gasteiger partial charge on any atom is -0.331 e. The van der Waals surface area contributed by atoms with Crippen LogP contribution in [0.15, 0.2) is 36.4 Å². The van der Waals surface area contributed by atoms with Gasteiger partial charge >= 0.3 is 0 Å². The van der Waals surface area contributed by atoms with Crippen LogP contribution in [0.2, 0.25) is 0 Å². The van der Waals surface area contributed by atoms with Crippen molar-refractivity contribution in [3.8, 4) is 0 Å². The second-order valence-electron chi connectivity index (χ2n) is 7.83. The maximum atomic E-state index is 14.3. The molecule has 160 valence electrons. The third-order valence-corrected chi connectivity index (χ3v) is 5.02. The van der Waals surface area contributed by atoms with Crippen LogP contribution in [-0.2, 0) is 13.1 Å². The average molecular weight is 417 g/mol. The number of halogens is 3. The Morgan fingerprint density at radius 1 is 1.10 bits per heavy atom. The fourth-order valence-corrected chi connectivity index (χ4v) is 3.40. The molecule has 3 aromatic rings. The fourth-order valence-electron chi connectivity index (χ4n) is 3.40. The molecule has 1 aromatic heterocycles. The highest BCUT2D eigenvalue weighted by molar-refractivity contribution is 5.94. The average Bonchev–Trinajstić information content (AvgIpc) is 3.05. The molecular weight excluding hydrogens is 391 g/mol. The standard InChI is InChI=1S/C23H26F3N3O/c1-4-11-29-20-7-5-6-18(25)22(20)27-21(29)14-28(12-10-15(2)3)23(30)16-8-9-17(24)19(26)13-16/h5-9,13,15H,4,10-12,14H2,1-3H3. The van der Waals surface area contributed by atoms with E-state index in [0.717, 1.165) is 25.0 Å². The third-order valence-electron chi connectivity index (χ3n) is 5.02. The van der Waals surface area contributed by atoms with E-state index in [4.69, 9.17) is 0 Å². The van der Waals surface area contributed by atoms with Gasteiger partial charge in [0.05, 0.1) is 12.1 Å². The number of carbonyl (C=O) groups excluding carboxylic acids is 1. The van der Waals surface area contributed by atoms with Gasteiger partial charge in [0.25, 0.3) is 5.91 Å². The molecule has 0 atom stereocenters. The van der Waals surface area contributed by atoms with Crippen molar-refractivity contribution in [2.45, 2.75) is 46.7 Å². The molecule has 0 saturated heterocycles. The largest absolute Gasteiger partial charge is 0.331 e. The first-order valence-electron chi connectivity index (χ1n) is 10.2. The molecule has 0 spiro atoms. The monoisotopic (exact) mass is 417 g/mol. The summed E-state index contributed by atoms with van der Waals surface area (Å²) < 4.78 is 43.2. The maximum absolute atomic E-state index is 14.3. The third kappa shape index (κ3) is 4.66. The molecule has 0 saturated carbocycles. The highest BCUT2D eigenvalue weighted by atomic mass is 19.2. The van der Waals surface area contributed by atoms with Crippen molar-refractivity contribution in [3.05, 3.63) is 65.2 Å². The number of fused-ring (bicyclic) bond motifs is 1. The Morgan fingerprint density at radius 3 is 2.53 bits per heavy atom. The van der Waals surface area contributed by atoms with Gasteiger partial charge in [-0.25, -0.2) is 18.2 Å². The molecule has 0 aliphatic heterocycles. The lowest BCUT2D eigenvalue weighted by Crippen LogP contribution is -2.33. The normalized spacial score (nSPS) is 11.4. The number of hydrogen-bond donors (Lipinski definition) is 0. The lowest BCUT2D eigenvalue weighted by Gasteiger charge is -2.24. The molecule has 1 heterocycles. The van der Waals surface area contributed by atoms with E-state index in [9.17, 15) is 18.0 Å². The summed E-state index contributed by atoms with van der Waals surface area (Å²) in [6.07, 6.45) is 1.55. The van der Waals surface area contributed by atoms with Crippen LogP contribution in [0, 0.1) is 23.4 Å². The minimum atomic E-state index is -1.06. The van der Waals surface area contributed by atoms with Gasteiger partial charge in [-0.2, -0.15) is 0 Å². The smallest absolute Gasteiger partial charge is 0.254 e. The van der Waals surface area contributed by atoms with Crippen molar-refractivity contribution in [1.29, 1.82) is 0 Å². The molecule has 0 bridgehead atoms.